The predicted octanol–water partition coefficient (Wildman–Crippen LogP) is 2.22. The van der Waals surface area contributed by atoms with Crippen molar-refractivity contribution < 1.29 is 4.79 Å². The van der Waals surface area contributed by atoms with Gasteiger partial charge in [-0.3, -0.25) is 14.2 Å². The fraction of sp³-hybridized carbons (Fsp3) is 0.105. The molecule has 0 aliphatic carbocycles. The molecule has 0 fully saturated rings. The lowest BCUT2D eigenvalue weighted by Gasteiger charge is -2.03. The molecule has 0 atom stereocenters. The molecule has 0 saturated carbocycles. The molecule has 0 saturated heterocycles. The number of anilines is 1. The summed E-state index contributed by atoms with van der Waals surface area (Å²) in [6.07, 6.45) is 8.42. The molecule has 0 bridgehead atoms. The Morgan fingerprint density at radius 1 is 1.07 bits per heavy atom. The summed E-state index contributed by atoms with van der Waals surface area (Å²) in [7, 11) is 0. The zero-order valence-corrected chi connectivity index (χ0v) is 14.4. The van der Waals surface area contributed by atoms with Crippen molar-refractivity contribution in [3.05, 3.63) is 79.1 Å². The Hall–Kier alpha value is -3.81. The smallest absolute Gasteiger partial charge is 0.247 e. The van der Waals surface area contributed by atoms with Crippen LogP contribution in [0.15, 0.2) is 73.6 Å². The number of nitrogens with zero attached hydrogens (tertiary/aromatic N) is 6. The van der Waals surface area contributed by atoms with Gasteiger partial charge in [0, 0.05) is 30.2 Å². The Labute approximate surface area is 155 Å². The minimum atomic E-state index is -0.197. The number of rotatable bonds is 6. The largest absolute Gasteiger partial charge is 0.308 e. The second-order valence-electron chi connectivity index (χ2n) is 5.95. The third kappa shape index (κ3) is 4.24. The number of carbonyl (C=O) groups excluding carboxylic acids is 1. The van der Waals surface area contributed by atoms with Gasteiger partial charge in [0.25, 0.3) is 0 Å². The van der Waals surface area contributed by atoms with E-state index in [0.717, 1.165) is 16.8 Å². The maximum Gasteiger partial charge on any atom is 0.247 e. The summed E-state index contributed by atoms with van der Waals surface area (Å²) < 4.78 is 3.35. The third-order valence-corrected chi connectivity index (χ3v) is 3.91. The fourth-order valence-corrected chi connectivity index (χ4v) is 2.66. The molecule has 134 valence electrons. The molecule has 0 spiro atoms. The summed E-state index contributed by atoms with van der Waals surface area (Å²) in [5, 5.41) is 11.4. The monoisotopic (exact) mass is 359 g/mol. The van der Waals surface area contributed by atoms with Gasteiger partial charge in [-0.25, -0.2) is 9.97 Å². The summed E-state index contributed by atoms with van der Waals surface area (Å²) >= 11 is 0. The molecule has 4 aromatic rings. The summed E-state index contributed by atoms with van der Waals surface area (Å²) in [5.41, 5.74) is 2.74. The zero-order chi connectivity index (χ0) is 18.5. The quantitative estimate of drug-likeness (QED) is 0.570. The first-order valence-corrected chi connectivity index (χ1v) is 8.42. The minimum Gasteiger partial charge on any atom is -0.308 e. The Bertz CT molecular complexity index is 1020. The van der Waals surface area contributed by atoms with Crippen LogP contribution in [-0.4, -0.2) is 35.4 Å². The first-order valence-electron chi connectivity index (χ1n) is 8.42. The Morgan fingerprint density at radius 2 is 1.96 bits per heavy atom. The van der Waals surface area contributed by atoms with Crippen LogP contribution >= 0.6 is 0 Å². The van der Waals surface area contributed by atoms with Crippen molar-refractivity contribution in [2.75, 3.05) is 5.32 Å². The minimum absolute atomic E-state index is 0.0939. The number of nitrogens with one attached hydrogen (secondary N) is 1. The highest BCUT2D eigenvalue weighted by Crippen LogP contribution is 2.14. The van der Waals surface area contributed by atoms with Gasteiger partial charge in [0.15, 0.2) is 5.82 Å². The van der Waals surface area contributed by atoms with Gasteiger partial charge < -0.3 is 5.32 Å². The van der Waals surface area contributed by atoms with Crippen LogP contribution in [0.1, 0.15) is 5.56 Å². The SMILES string of the molecule is O=C(Cn1cc(-c2ccncn2)cn1)Nc1ccn(Cc2ccccc2)n1. The molecule has 1 aromatic carbocycles. The van der Waals surface area contributed by atoms with E-state index in [2.05, 4.69) is 25.5 Å². The molecule has 8 nitrogen and oxygen atoms in total. The molecular weight excluding hydrogens is 342 g/mol. The topological polar surface area (TPSA) is 90.5 Å². The average Bonchev–Trinajstić information content (AvgIpc) is 3.33. The van der Waals surface area contributed by atoms with Crippen molar-refractivity contribution in [2.45, 2.75) is 13.1 Å². The molecule has 3 aromatic heterocycles. The van der Waals surface area contributed by atoms with Crippen molar-refractivity contribution >= 4 is 11.7 Å². The van der Waals surface area contributed by atoms with Crippen molar-refractivity contribution in [1.82, 2.24) is 29.5 Å². The first kappa shape index (κ1) is 16.6. The van der Waals surface area contributed by atoms with E-state index in [1.165, 1.54) is 6.33 Å². The number of carbonyl (C=O) groups is 1. The molecule has 0 aliphatic heterocycles. The lowest BCUT2D eigenvalue weighted by atomic mass is 10.2. The molecule has 1 N–H and O–H groups in total. The number of hydrogen-bond acceptors (Lipinski definition) is 5. The third-order valence-electron chi connectivity index (χ3n) is 3.91. The van der Waals surface area contributed by atoms with E-state index in [4.69, 9.17) is 0 Å². The summed E-state index contributed by atoms with van der Waals surface area (Å²) in [6, 6.07) is 13.6. The van der Waals surface area contributed by atoms with Crippen LogP contribution in [0, 0.1) is 0 Å². The summed E-state index contributed by atoms with van der Waals surface area (Å²) in [5.74, 6) is 0.316. The Morgan fingerprint density at radius 3 is 2.78 bits per heavy atom. The standard InChI is InChI=1S/C19H17N7O/c27-19(13-26-12-16(10-22-26)17-6-8-20-14-21-17)23-18-7-9-25(24-18)11-15-4-2-1-3-5-15/h1-10,12,14H,11,13H2,(H,23,24,27). The molecular formula is C19H17N7O. The molecule has 0 radical (unpaired) electrons. The zero-order valence-electron chi connectivity index (χ0n) is 14.4. The van der Waals surface area contributed by atoms with Gasteiger partial charge in [0.1, 0.15) is 12.9 Å². The highest BCUT2D eigenvalue weighted by molar-refractivity contribution is 5.89. The van der Waals surface area contributed by atoms with Crippen molar-refractivity contribution in [2.24, 2.45) is 0 Å². The molecule has 0 aliphatic rings. The van der Waals surface area contributed by atoms with Crippen LogP contribution in [0.5, 0.6) is 0 Å². The van der Waals surface area contributed by atoms with Gasteiger partial charge in [-0.15, -0.1) is 0 Å². The Balaban J connectivity index is 1.35. The molecule has 3 heterocycles. The fourth-order valence-electron chi connectivity index (χ4n) is 2.66. The molecule has 27 heavy (non-hydrogen) atoms. The van der Waals surface area contributed by atoms with Crippen LogP contribution in [-0.2, 0) is 17.9 Å². The maximum atomic E-state index is 12.2. The molecule has 0 unspecified atom stereocenters. The van der Waals surface area contributed by atoms with E-state index in [1.54, 1.807) is 40.1 Å². The van der Waals surface area contributed by atoms with Gasteiger partial charge in [0.2, 0.25) is 5.91 Å². The second-order valence-corrected chi connectivity index (χ2v) is 5.95. The van der Waals surface area contributed by atoms with Crippen LogP contribution < -0.4 is 5.32 Å². The number of amides is 1. The van der Waals surface area contributed by atoms with Gasteiger partial charge in [-0.1, -0.05) is 30.3 Å². The van der Waals surface area contributed by atoms with Gasteiger partial charge in [-0.05, 0) is 11.6 Å². The molecule has 4 rings (SSSR count). The summed E-state index contributed by atoms with van der Waals surface area (Å²) in [6.45, 7) is 0.745. The normalized spacial score (nSPS) is 10.7. The van der Waals surface area contributed by atoms with Gasteiger partial charge in [-0.2, -0.15) is 10.2 Å². The van der Waals surface area contributed by atoms with Crippen molar-refractivity contribution in [3.8, 4) is 11.3 Å². The van der Waals surface area contributed by atoms with E-state index in [1.807, 2.05) is 36.5 Å². The van der Waals surface area contributed by atoms with E-state index in [0.29, 0.717) is 12.4 Å². The number of hydrogen-bond donors (Lipinski definition) is 1. The van der Waals surface area contributed by atoms with Gasteiger partial charge in [0.05, 0.1) is 18.4 Å². The van der Waals surface area contributed by atoms with Crippen molar-refractivity contribution in [1.29, 1.82) is 0 Å². The van der Waals surface area contributed by atoms with E-state index in [-0.39, 0.29) is 12.5 Å². The average molecular weight is 359 g/mol. The van der Waals surface area contributed by atoms with Crippen LogP contribution in [0.25, 0.3) is 11.3 Å². The van der Waals surface area contributed by atoms with Crippen molar-refractivity contribution in [3.63, 3.8) is 0 Å². The second kappa shape index (κ2) is 7.61. The highest BCUT2D eigenvalue weighted by atomic mass is 16.2. The Kier molecular flexibility index (Phi) is 4.69. The van der Waals surface area contributed by atoms with E-state index < -0.39 is 0 Å². The highest BCUT2D eigenvalue weighted by Gasteiger charge is 2.09. The lowest BCUT2D eigenvalue weighted by molar-refractivity contribution is -0.116. The number of aromatic nitrogens is 6. The van der Waals surface area contributed by atoms with E-state index >= 15 is 0 Å². The first-order chi connectivity index (χ1) is 13.3. The predicted molar refractivity (Wildman–Crippen MR) is 99.7 cm³/mol. The maximum absolute atomic E-state index is 12.2. The van der Waals surface area contributed by atoms with Crippen LogP contribution in [0.2, 0.25) is 0 Å². The van der Waals surface area contributed by atoms with Crippen LogP contribution in [0.3, 0.4) is 0 Å². The number of benzene rings is 1. The van der Waals surface area contributed by atoms with Crippen LogP contribution in [0.4, 0.5) is 5.82 Å². The molecule has 1 amide bonds. The van der Waals surface area contributed by atoms with Gasteiger partial charge >= 0.3 is 0 Å². The van der Waals surface area contributed by atoms with E-state index in [9.17, 15) is 4.79 Å². The lowest BCUT2D eigenvalue weighted by Crippen LogP contribution is -2.19. The molecule has 8 heteroatoms. The summed E-state index contributed by atoms with van der Waals surface area (Å²) in [4.78, 5) is 20.3.